The zero-order valence-electron chi connectivity index (χ0n) is 9.68. The Bertz CT molecular complexity index is 338. The molecular weight excluding hydrogens is 284 g/mol. The van der Waals surface area contributed by atoms with Gasteiger partial charge in [-0.05, 0) is 36.0 Å². The number of hydrogen-bond donors (Lipinski definition) is 0. The van der Waals surface area contributed by atoms with Crippen LogP contribution in [0.4, 0.5) is 0 Å². The zero-order chi connectivity index (χ0) is 11.6. The van der Waals surface area contributed by atoms with Crippen molar-refractivity contribution in [3.05, 3.63) is 34.3 Å². The monoisotopic (exact) mass is 300 g/mol. The largest absolute Gasteiger partial charge is 0.117 e. The maximum Gasteiger partial charge on any atom is 0.0638 e. The Hall–Kier alpha value is -0.0100. The van der Waals surface area contributed by atoms with Crippen molar-refractivity contribution < 1.29 is 0 Å². The van der Waals surface area contributed by atoms with Crippen molar-refractivity contribution in [3.8, 4) is 0 Å². The van der Waals surface area contributed by atoms with Gasteiger partial charge in [0.1, 0.15) is 0 Å². The Morgan fingerprint density at radius 2 is 1.69 bits per heavy atom. The first-order valence-corrected chi connectivity index (χ1v) is 7.24. The lowest BCUT2D eigenvalue weighted by Crippen LogP contribution is -2.25. The summed E-state index contributed by atoms with van der Waals surface area (Å²) in [4.78, 5) is 0. The standard InChI is InChI=1S/C14H18BrCl/c1-14(9-3-2-4-10-14)13(16)11-5-7-12(15)8-6-11/h5-8,13H,2-4,9-10H2,1H3. The van der Waals surface area contributed by atoms with Crippen LogP contribution < -0.4 is 0 Å². The topological polar surface area (TPSA) is 0 Å². The quantitative estimate of drug-likeness (QED) is 0.615. The van der Waals surface area contributed by atoms with Gasteiger partial charge in [-0.2, -0.15) is 0 Å². The second-order valence-electron chi connectivity index (χ2n) is 5.13. The van der Waals surface area contributed by atoms with E-state index < -0.39 is 0 Å². The molecule has 1 fully saturated rings. The van der Waals surface area contributed by atoms with Crippen LogP contribution in [0.5, 0.6) is 0 Å². The van der Waals surface area contributed by atoms with Gasteiger partial charge in [0.25, 0.3) is 0 Å². The second kappa shape index (κ2) is 5.10. The van der Waals surface area contributed by atoms with Gasteiger partial charge in [0.05, 0.1) is 5.38 Å². The molecule has 2 heteroatoms. The summed E-state index contributed by atoms with van der Waals surface area (Å²) in [6, 6.07) is 8.44. The molecule has 0 aromatic heterocycles. The molecule has 1 aromatic rings. The molecule has 1 unspecified atom stereocenters. The van der Waals surface area contributed by atoms with E-state index in [4.69, 9.17) is 11.6 Å². The lowest BCUT2D eigenvalue weighted by atomic mass is 9.71. The maximum absolute atomic E-state index is 6.66. The molecule has 0 heterocycles. The molecule has 0 aliphatic heterocycles. The van der Waals surface area contributed by atoms with E-state index in [0.29, 0.717) is 0 Å². The maximum atomic E-state index is 6.66. The third-order valence-electron chi connectivity index (χ3n) is 3.77. The molecule has 1 atom stereocenters. The van der Waals surface area contributed by atoms with Crippen molar-refractivity contribution in [2.24, 2.45) is 5.41 Å². The smallest absolute Gasteiger partial charge is 0.0638 e. The predicted octanol–water partition coefficient (Wildman–Crippen LogP) is 5.70. The molecular formula is C14H18BrCl. The Balaban J connectivity index is 2.16. The summed E-state index contributed by atoms with van der Waals surface area (Å²) in [5.41, 5.74) is 1.54. The molecule has 0 spiro atoms. The van der Waals surface area contributed by atoms with Crippen LogP contribution in [0.1, 0.15) is 50.0 Å². The van der Waals surface area contributed by atoms with Crippen molar-refractivity contribution in [2.75, 3.05) is 0 Å². The van der Waals surface area contributed by atoms with Crippen LogP contribution in [0.15, 0.2) is 28.7 Å². The molecule has 0 nitrogen and oxygen atoms in total. The molecule has 1 saturated carbocycles. The van der Waals surface area contributed by atoms with E-state index in [1.807, 2.05) is 0 Å². The lowest BCUT2D eigenvalue weighted by Gasteiger charge is -2.37. The summed E-state index contributed by atoms with van der Waals surface area (Å²) in [7, 11) is 0. The van der Waals surface area contributed by atoms with Gasteiger partial charge in [0, 0.05) is 4.47 Å². The summed E-state index contributed by atoms with van der Waals surface area (Å²) in [5, 5.41) is 0.154. The minimum absolute atomic E-state index is 0.154. The highest BCUT2D eigenvalue weighted by molar-refractivity contribution is 9.10. The van der Waals surface area contributed by atoms with E-state index in [9.17, 15) is 0 Å². The molecule has 0 N–H and O–H groups in total. The number of halogens is 2. The SMILES string of the molecule is CC1(C(Cl)c2ccc(Br)cc2)CCCCC1. The average molecular weight is 302 g/mol. The van der Waals surface area contributed by atoms with Crippen LogP contribution in [-0.4, -0.2) is 0 Å². The van der Waals surface area contributed by atoms with Gasteiger partial charge in [-0.25, -0.2) is 0 Å². The molecule has 1 aromatic carbocycles. The average Bonchev–Trinajstić information content (AvgIpc) is 2.30. The first-order chi connectivity index (χ1) is 7.62. The van der Waals surface area contributed by atoms with E-state index >= 15 is 0 Å². The summed E-state index contributed by atoms with van der Waals surface area (Å²) in [6.45, 7) is 2.34. The summed E-state index contributed by atoms with van der Waals surface area (Å²) < 4.78 is 1.12. The molecule has 2 rings (SSSR count). The number of hydrogen-bond acceptors (Lipinski definition) is 0. The molecule has 16 heavy (non-hydrogen) atoms. The fourth-order valence-corrected chi connectivity index (χ4v) is 3.28. The van der Waals surface area contributed by atoms with Crippen molar-refractivity contribution in [3.63, 3.8) is 0 Å². The number of benzene rings is 1. The Morgan fingerprint density at radius 1 is 1.12 bits per heavy atom. The van der Waals surface area contributed by atoms with E-state index in [0.717, 1.165) is 4.47 Å². The van der Waals surface area contributed by atoms with Gasteiger partial charge in [-0.15, -0.1) is 11.6 Å². The van der Waals surface area contributed by atoms with Crippen LogP contribution in [0.3, 0.4) is 0 Å². The summed E-state index contributed by atoms with van der Waals surface area (Å²) in [5.74, 6) is 0. The van der Waals surface area contributed by atoms with E-state index in [1.54, 1.807) is 0 Å². The third kappa shape index (κ3) is 2.62. The van der Waals surface area contributed by atoms with Gasteiger partial charge < -0.3 is 0 Å². The fourth-order valence-electron chi connectivity index (χ4n) is 2.65. The summed E-state index contributed by atoms with van der Waals surface area (Å²) in [6.07, 6.45) is 6.56. The minimum atomic E-state index is 0.154. The van der Waals surface area contributed by atoms with Crippen molar-refractivity contribution in [2.45, 2.75) is 44.4 Å². The molecule has 1 aliphatic carbocycles. The van der Waals surface area contributed by atoms with Crippen LogP contribution in [0.25, 0.3) is 0 Å². The predicted molar refractivity (Wildman–Crippen MR) is 73.9 cm³/mol. The lowest BCUT2D eigenvalue weighted by molar-refractivity contribution is 0.206. The fraction of sp³-hybridized carbons (Fsp3) is 0.571. The molecule has 0 radical (unpaired) electrons. The highest BCUT2D eigenvalue weighted by Gasteiger charge is 2.34. The van der Waals surface area contributed by atoms with E-state index in [1.165, 1.54) is 37.7 Å². The Kier molecular flexibility index (Phi) is 3.97. The van der Waals surface area contributed by atoms with Crippen molar-refractivity contribution in [1.82, 2.24) is 0 Å². The summed E-state index contributed by atoms with van der Waals surface area (Å²) >= 11 is 10.1. The van der Waals surface area contributed by atoms with E-state index in [-0.39, 0.29) is 10.8 Å². The van der Waals surface area contributed by atoms with Crippen molar-refractivity contribution >= 4 is 27.5 Å². The van der Waals surface area contributed by atoms with Crippen LogP contribution in [0, 0.1) is 5.41 Å². The first-order valence-electron chi connectivity index (χ1n) is 6.01. The second-order valence-corrected chi connectivity index (χ2v) is 6.48. The zero-order valence-corrected chi connectivity index (χ0v) is 12.0. The third-order valence-corrected chi connectivity index (χ3v) is 5.08. The first kappa shape index (κ1) is 12.4. The van der Waals surface area contributed by atoms with E-state index in [2.05, 4.69) is 47.1 Å². The van der Waals surface area contributed by atoms with Crippen LogP contribution in [0.2, 0.25) is 0 Å². The van der Waals surface area contributed by atoms with Gasteiger partial charge in [0.15, 0.2) is 0 Å². The Morgan fingerprint density at radius 3 is 2.25 bits per heavy atom. The minimum Gasteiger partial charge on any atom is -0.117 e. The molecule has 0 saturated heterocycles. The van der Waals surface area contributed by atoms with Gasteiger partial charge >= 0.3 is 0 Å². The molecule has 1 aliphatic rings. The highest BCUT2D eigenvalue weighted by Crippen LogP contribution is 2.49. The number of rotatable bonds is 2. The van der Waals surface area contributed by atoms with Gasteiger partial charge in [-0.3, -0.25) is 0 Å². The molecule has 88 valence electrons. The molecule has 0 amide bonds. The molecule has 0 bridgehead atoms. The van der Waals surface area contributed by atoms with Crippen LogP contribution >= 0.6 is 27.5 Å². The van der Waals surface area contributed by atoms with Gasteiger partial charge in [0.2, 0.25) is 0 Å². The normalized spacial score (nSPS) is 21.7. The van der Waals surface area contributed by atoms with Crippen molar-refractivity contribution in [1.29, 1.82) is 0 Å². The highest BCUT2D eigenvalue weighted by atomic mass is 79.9. The Labute approximate surface area is 112 Å². The van der Waals surface area contributed by atoms with Crippen LogP contribution in [-0.2, 0) is 0 Å². The van der Waals surface area contributed by atoms with Gasteiger partial charge in [-0.1, -0.05) is 54.2 Å². The number of alkyl halides is 1.